The molecule has 94 valence electrons. The smallest absolute Gasteiger partial charge is 0.307 e. The molecule has 5 nitrogen and oxygen atoms in total. The van der Waals surface area contributed by atoms with Crippen LogP contribution in [-0.4, -0.2) is 22.0 Å². The number of aromatic nitrogens is 1. The van der Waals surface area contributed by atoms with Gasteiger partial charge >= 0.3 is 5.97 Å². The van der Waals surface area contributed by atoms with Crippen LogP contribution in [0.4, 0.5) is 5.13 Å². The fourth-order valence-electron chi connectivity index (χ4n) is 2.99. The Kier molecular flexibility index (Phi) is 2.66. The molecule has 0 spiro atoms. The molecule has 0 unspecified atom stereocenters. The molecule has 2 bridgehead atoms. The van der Waals surface area contributed by atoms with Crippen LogP contribution in [-0.2, 0) is 9.59 Å². The zero-order chi connectivity index (χ0) is 12.7. The predicted molar refractivity (Wildman–Crippen MR) is 66.1 cm³/mol. The third kappa shape index (κ3) is 1.73. The van der Waals surface area contributed by atoms with E-state index in [0.29, 0.717) is 5.13 Å². The van der Waals surface area contributed by atoms with Gasteiger partial charge in [-0.3, -0.25) is 9.59 Å². The van der Waals surface area contributed by atoms with Crippen molar-refractivity contribution in [2.75, 3.05) is 5.32 Å². The normalized spacial score (nSPS) is 32.7. The average molecular weight is 264 g/mol. The van der Waals surface area contributed by atoms with Crippen LogP contribution in [0.2, 0.25) is 0 Å². The first-order valence-electron chi connectivity index (χ1n) is 5.78. The summed E-state index contributed by atoms with van der Waals surface area (Å²) in [5.41, 5.74) is 0. The molecule has 0 radical (unpaired) electrons. The fraction of sp³-hybridized carbons (Fsp3) is 0.417. The molecule has 1 fully saturated rings. The second-order valence-electron chi connectivity index (χ2n) is 4.66. The van der Waals surface area contributed by atoms with Gasteiger partial charge in [-0.25, -0.2) is 4.98 Å². The number of hydrogen-bond donors (Lipinski definition) is 2. The zero-order valence-corrected chi connectivity index (χ0v) is 10.3. The largest absolute Gasteiger partial charge is 0.481 e. The Balaban J connectivity index is 1.80. The number of hydrogen-bond acceptors (Lipinski definition) is 4. The third-order valence-corrected chi connectivity index (χ3v) is 4.40. The SMILES string of the molecule is O=C(O)[C@H]1[C@H](C(=O)Nc2nccs2)[C@H]2C=C[C@@H]1C2. The van der Waals surface area contributed by atoms with Crippen LogP contribution in [0.3, 0.4) is 0 Å². The number of carboxylic acids is 1. The number of carboxylic acid groups (broad SMARTS) is 1. The first-order chi connectivity index (χ1) is 8.66. The van der Waals surface area contributed by atoms with Gasteiger partial charge in [-0.15, -0.1) is 11.3 Å². The van der Waals surface area contributed by atoms with Crippen LogP contribution in [0.1, 0.15) is 6.42 Å². The lowest BCUT2D eigenvalue weighted by Gasteiger charge is -2.23. The number of carbonyl (C=O) groups is 2. The van der Waals surface area contributed by atoms with Gasteiger partial charge in [-0.2, -0.15) is 0 Å². The number of thiazole rings is 1. The van der Waals surface area contributed by atoms with Gasteiger partial charge in [-0.1, -0.05) is 12.2 Å². The number of fused-ring (bicyclic) bond motifs is 2. The lowest BCUT2D eigenvalue weighted by Crippen LogP contribution is -2.36. The molecule has 6 heteroatoms. The Labute approximate surface area is 108 Å². The number of anilines is 1. The fourth-order valence-corrected chi connectivity index (χ4v) is 3.52. The lowest BCUT2D eigenvalue weighted by molar-refractivity contribution is -0.146. The van der Waals surface area contributed by atoms with Gasteiger partial charge in [0.05, 0.1) is 11.8 Å². The lowest BCUT2D eigenvalue weighted by atomic mass is 9.82. The molecule has 1 heterocycles. The van der Waals surface area contributed by atoms with Crippen molar-refractivity contribution in [3.05, 3.63) is 23.7 Å². The molecule has 2 aliphatic rings. The van der Waals surface area contributed by atoms with E-state index in [9.17, 15) is 14.7 Å². The quantitative estimate of drug-likeness (QED) is 0.813. The number of nitrogens with one attached hydrogen (secondary N) is 1. The summed E-state index contributed by atoms with van der Waals surface area (Å²) in [5.74, 6) is -2.13. The summed E-state index contributed by atoms with van der Waals surface area (Å²) in [6.45, 7) is 0. The van der Waals surface area contributed by atoms with Crippen LogP contribution < -0.4 is 5.32 Å². The van der Waals surface area contributed by atoms with Crippen molar-refractivity contribution in [1.29, 1.82) is 0 Å². The molecule has 2 N–H and O–H groups in total. The molecular formula is C12H12N2O3S. The summed E-state index contributed by atoms with van der Waals surface area (Å²) in [7, 11) is 0. The Morgan fingerprint density at radius 3 is 2.67 bits per heavy atom. The molecule has 1 saturated carbocycles. The maximum atomic E-state index is 12.2. The van der Waals surface area contributed by atoms with E-state index in [1.807, 2.05) is 12.2 Å². The third-order valence-electron chi connectivity index (χ3n) is 3.71. The first kappa shape index (κ1) is 11.4. The first-order valence-corrected chi connectivity index (χ1v) is 6.66. The Morgan fingerprint density at radius 1 is 1.33 bits per heavy atom. The van der Waals surface area contributed by atoms with Gasteiger partial charge in [0.1, 0.15) is 0 Å². The summed E-state index contributed by atoms with van der Waals surface area (Å²) in [6, 6.07) is 0. The Morgan fingerprint density at radius 2 is 2.06 bits per heavy atom. The van der Waals surface area contributed by atoms with E-state index in [-0.39, 0.29) is 17.7 Å². The van der Waals surface area contributed by atoms with Crippen LogP contribution in [0, 0.1) is 23.7 Å². The molecule has 0 aromatic carbocycles. The van der Waals surface area contributed by atoms with Crippen LogP contribution in [0.25, 0.3) is 0 Å². The standard InChI is InChI=1S/C12H12N2O3S/c15-10(14-12-13-3-4-18-12)8-6-1-2-7(5-6)9(8)11(16)17/h1-4,6-9H,5H2,(H,16,17)(H,13,14,15)/t6-,7+,8+,9+/m0/s1. The predicted octanol–water partition coefficient (Wildman–Crippen LogP) is 1.60. The molecule has 2 aliphatic carbocycles. The average Bonchev–Trinajstić information content (AvgIpc) is 3.03. The summed E-state index contributed by atoms with van der Waals surface area (Å²) in [6.07, 6.45) is 6.27. The van der Waals surface area contributed by atoms with Crippen LogP contribution in [0.5, 0.6) is 0 Å². The summed E-state index contributed by atoms with van der Waals surface area (Å²) in [4.78, 5) is 27.4. The molecule has 0 saturated heterocycles. The minimum Gasteiger partial charge on any atom is -0.481 e. The van der Waals surface area contributed by atoms with Gasteiger partial charge in [0, 0.05) is 11.6 Å². The van der Waals surface area contributed by atoms with Crippen molar-refractivity contribution in [3.63, 3.8) is 0 Å². The summed E-state index contributed by atoms with van der Waals surface area (Å²) in [5, 5.41) is 14.3. The van der Waals surface area contributed by atoms with Gasteiger partial charge in [0.15, 0.2) is 5.13 Å². The Bertz CT molecular complexity index is 511. The zero-order valence-electron chi connectivity index (χ0n) is 9.45. The van der Waals surface area contributed by atoms with Crippen molar-refractivity contribution in [1.82, 2.24) is 4.98 Å². The number of rotatable bonds is 3. The Hall–Kier alpha value is -1.69. The van der Waals surface area contributed by atoms with Gasteiger partial charge in [-0.05, 0) is 18.3 Å². The van der Waals surface area contributed by atoms with Crippen LogP contribution >= 0.6 is 11.3 Å². The topological polar surface area (TPSA) is 79.3 Å². The molecular weight excluding hydrogens is 252 g/mol. The second kappa shape index (κ2) is 4.20. The molecule has 0 aliphatic heterocycles. The second-order valence-corrected chi connectivity index (χ2v) is 5.56. The van der Waals surface area contributed by atoms with E-state index in [1.165, 1.54) is 11.3 Å². The maximum absolute atomic E-state index is 12.2. The van der Waals surface area contributed by atoms with E-state index in [0.717, 1.165) is 6.42 Å². The van der Waals surface area contributed by atoms with E-state index in [2.05, 4.69) is 10.3 Å². The maximum Gasteiger partial charge on any atom is 0.307 e. The number of allylic oxidation sites excluding steroid dienone is 2. The molecule has 1 aromatic heterocycles. The highest BCUT2D eigenvalue weighted by molar-refractivity contribution is 7.13. The van der Waals surface area contributed by atoms with Gasteiger partial charge < -0.3 is 10.4 Å². The molecule has 3 rings (SSSR count). The van der Waals surface area contributed by atoms with Crippen molar-refractivity contribution < 1.29 is 14.7 Å². The van der Waals surface area contributed by atoms with Crippen molar-refractivity contribution in [2.45, 2.75) is 6.42 Å². The highest BCUT2D eigenvalue weighted by Gasteiger charge is 2.51. The van der Waals surface area contributed by atoms with Crippen molar-refractivity contribution >= 4 is 28.3 Å². The summed E-state index contributed by atoms with van der Waals surface area (Å²) >= 11 is 1.33. The number of aliphatic carboxylic acids is 1. The molecule has 1 aromatic rings. The van der Waals surface area contributed by atoms with E-state index < -0.39 is 17.8 Å². The molecule has 1 amide bonds. The van der Waals surface area contributed by atoms with Gasteiger partial charge in [0.2, 0.25) is 5.91 Å². The highest BCUT2D eigenvalue weighted by atomic mass is 32.1. The molecule has 4 atom stereocenters. The van der Waals surface area contributed by atoms with E-state index >= 15 is 0 Å². The van der Waals surface area contributed by atoms with Gasteiger partial charge in [0.25, 0.3) is 0 Å². The summed E-state index contributed by atoms with van der Waals surface area (Å²) < 4.78 is 0. The van der Waals surface area contributed by atoms with E-state index in [4.69, 9.17) is 0 Å². The number of amides is 1. The minimum absolute atomic E-state index is 0.000421. The van der Waals surface area contributed by atoms with Crippen LogP contribution in [0.15, 0.2) is 23.7 Å². The van der Waals surface area contributed by atoms with E-state index in [1.54, 1.807) is 11.6 Å². The highest BCUT2D eigenvalue weighted by Crippen LogP contribution is 2.48. The minimum atomic E-state index is -0.883. The monoisotopic (exact) mass is 264 g/mol. The number of nitrogens with zero attached hydrogens (tertiary/aromatic N) is 1. The number of carbonyl (C=O) groups excluding carboxylic acids is 1. The molecule has 18 heavy (non-hydrogen) atoms. The van der Waals surface area contributed by atoms with Crippen molar-refractivity contribution in [2.24, 2.45) is 23.7 Å². The van der Waals surface area contributed by atoms with Crippen molar-refractivity contribution in [3.8, 4) is 0 Å².